The molecule has 0 aromatic carbocycles. The fourth-order valence-electron chi connectivity index (χ4n) is 2.50. The van der Waals surface area contributed by atoms with Crippen LogP contribution in [-0.4, -0.2) is 36.7 Å². The molecule has 6 nitrogen and oxygen atoms in total. The van der Waals surface area contributed by atoms with Crippen molar-refractivity contribution in [1.29, 1.82) is 0 Å². The molecule has 4 N–H and O–H groups in total. The van der Waals surface area contributed by atoms with Crippen molar-refractivity contribution >= 4 is 11.7 Å². The van der Waals surface area contributed by atoms with Gasteiger partial charge in [-0.3, -0.25) is 4.79 Å². The van der Waals surface area contributed by atoms with E-state index >= 15 is 0 Å². The lowest BCUT2D eigenvalue weighted by atomic mass is 9.80. The Labute approximate surface area is 114 Å². The quantitative estimate of drug-likeness (QED) is 0.291. The van der Waals surface area contributed by atoms with Crippen molar-refractivity contribution in [3.8, 4) is 0 Å². The summed E-state index contributed by atoms with van der Waals surface area (Å²) in [6.45, 7) is 5.88. The van der Waals surface area contributed by atoms with Crippen LogP contribution in [0.25, 0.3) is 0 Å². The molecule has 1 saturated heterocycles. The highest BCUT2D eigenvalue weighted by Gasteiger charge is 2.39. The van der Waals surface area contributed by atoms with Crippen molar-refractivity contribution in [3.63, 3.8) is 0 Å². The number of amidine groups is 1. The summed E-state index contributed by atoms with van der Waals surface area (Å²) in [6.07, 6.45) is 2.96. The minimum Gasteiger partial charge on any atom is -0.409 e. The van der Waals surface area contributed by atoms with E-state index < -0.39 is 5.41 Å². The van der Waals surface area contributed by atoms with Gasteiger partial charge in [0.25, 0.3) is 0 Å². The summed E-state index contributed by atoms with van der Waals surface area (Å²) >= 11 is 0. The van der Waals surface area contributed by atoms with Gasteiger partial charge in [0.1, 0.15) is 5.41 Å². The largest absolute Gasteiger partial charge is 0.409 e. The number of oxime groups is 1. The van der Waals surface area contributed by atoms with E-state index in [2.05, 4.69) is 10.5 Å². The van der Waals surface area contributed by atoms with Crippen LogP contribution in [0.5, 0.6) is 0 Å². The van der Waals surface area contributed by atoms with E-state index in [1.807, 2.05) is 13.8 Å². The fourth-order valence-corrected chi connectivity index (χ4v) is 2.50. The fraction of sp³-hybridized carbons (Fsp3) is 0.846. The Hall–Kier alpha value is -1.30. The van der Waals surface area contributed by atoms with Gasteiger partial charge in [0.05, 0.1) is 0 Å². The standard InChI is InChI=1S/C13H25N3O3/c1-3-13(4-2,11(14)16-18)12(17)15-9-10-5-7-19-8-6-10/h10,18H,3-9H2,1-2H3,(H2,14,16)(H,15,17). The first-order valence-electron chi connectivity index (χ1n) is 6.94. The zero-order valence-corrected chi connectivity index (χ0v) is 11.8. The summed E-state index contributed by atoms with van der Waals surface area (Å²) in [5, 5.41) is 14.8. The molecule has 19 heavy (non-hydrogen) atoms. The van der Waals surface area contributed by atoms with Crippen LogP contribution in [-0.2, 0) is 9.53 Å². The molecule has 0 atom stereocenters. The highest BCUT2D eigenvalue weighted by molar-refractivity contribution is 6.06. The molecule has 1 aliphatic heterocycles. The van der Waals surface area contributed by atoms with Crippen molar-refractivity contribution in [1.82, 2.24) is 5.32 Å². The van der Waals surface area contributed by atoms with Crippen molar-refractivity contribution in [3.05, 3.63) is 0 Å². The topological polar surface area (TPSA) is 96.9 Å². The third-order valence-electron chi connectivity index (χ3n) is 4.13. The Balaban J connectivity index is 2.62. The number of amides is 1. The molecular formula is C13H25N3O3. The maximum atomic E-state index is 12.4. The van der Waals surface area contributed by atoms with E-state index in [-0.39, 0.29) is 11.7 Å². The lowest BCUT2D eigenvalue weighted by Gasteiger charge is -2.30. The van der Waals surface area contributed by atoms with Crippen LogP contribution in [0, 0.1) is 11.3 Å². The number of nitrogens with zero attached hydrogens (tertiary/aromatic N) is 1. The number of hydrogen-bond acceptors (Lipinski definition) is 4. The Morgan fingerprint density at radius 1 is 1.42 bits per heavy atom. The number of nitrogens with one attached hydrogen (secondary N) is 1. The Morgan fingerprint density at radius 2 is 2.00 bits per heavy atom. The number of nitrogens with two attached hydrogens (primary N) is 1. The highest BCUT2D eigenvalue weighted by atomic mass is 16.5. The van der Waals surface area contributed by atoms with Gasteiger partial charge in [0.2, 0.25) is 5.91 Å². The molecule has 0 radical (unpaired) electrons. The lowest BCUT2D eigenvalue weighted by molar-refractivity contribution is -0.128. The normalized spacial score (nSPS) is 18.3. The first-order chi connectivity index (χ1) is 9.10. The summed E-state index contributed by atoms with van der Waals surface area (Å²) in [6, 6.07) is 0. The number of carbonyl (C=O) groups is 1. The van der Waals surface area contributed by atoms with Crippen molar-refractivity contribution in [2.24, 2.45) is 22.2 Å². The maximum Gasteiger partial charge on any atom is 0.233 e. The van der Waals surface area contributed by atoms with Crippen LogP contribution in [0.1, 0.15) is 39.5 Å². The molecule has 1 rings (SSSR count). The lowest BCUT2D eigenvalue weighted by Crippen LogP contribution is -2.50. The van der Waals surface area contributed by atoms with Crippen LogP contribution in [0.3, 0.4) is 0 Å². The van der Waals surface area contributed by atoms with Gasteiger partial charge in [-0.2, -0.15) is 0 Å². The van der Waals surface area contributed by atoms with Crippen LogP contribution in [0.2, 0.25) is 0 Å². The molecule has 0 saturated carbocycles. The molecule has 0 aromatic heterocycles. The third-order valence-corrected chi connectivity index (χ3v) is 4.13. The molecule has 6 heteroatoms. The molecule has 1 aliphatic rings. The molecule has 0 bridgehead atoms. The molecule has 0 spiro atoms. The molecule has 110 valence electrons. The van der Waals surface area contributed by atoms with E-state index in [0.29, 0.717) is 25.3 Å². The molecule has 1 amide bonds. The van der Waals surface area contributed by atoms with Gasteiger partial charge in [-0.25, -0.2) is 0 Å². The van der Waals surface area contributed by atoms with E-state index in [1.54, 1.807) is 0 Å². The number of rotatable bonds is 6. The van der Waals surface area contributed by atoms with Gasteiger partial charge in [-0.05, 0) is 31.6 Å². The minimum absolute atomic E-state index is 0.0121. The van der Waals surface area contributed by atoms with Gasteiger partial charge >= 0.3 is 0 Å². The second kappa shape index (κ2) is 7.33. The summed E-state index contributed by atoms with van der Waals surface area (Å²) in [7, 11) is 0. The highest BCUT2D eigenvalue weighted by Crippen LogP contribution is 2.27. The average Bonchev–Trinajstić information content (AvgIpc) is 2.47. The molecule has 1 fully saturated rings. The van der Waals surface area contributed by atoms with E-state index in [1.165, 1.54) is 0 Å². The summed E-state index contributed by atoms with van der Waals surface area (Å²) in [4.78, 5) is 12.4. The van der Waals surface area contributed by atoms with Crippen LogP contribution < -0.4 is 11.1 Å². The van der Waals surface area contributed by atoms with Crippen LogP contribution in [0.15, 0.2) is 5.16 Å². The minimum atomic E-state index is -0.903. The summed E-state index contributed by atoms with van der Waals surface area (Å²) < 4.78 is 5.29. The van der Waals surface area contributed by atoms with Crippen LogP contribution >= 0.6 is 0 Å². The smallest absolute Gasteiger partial charge is 0.233 e. The molecule has 0 aliphatic carbocycles. The molecule has 0 unspecified atom stereocenters. The van der Waals surface area contributed by atoms with Crippen molar-refractivity contribution < 1.29 is 14.7 Å². The third kappa shape index (κ3) is 3.59. The van der Waals surface area contributed by atoms with Crippen molar-refractivity contribution in [2.45, 2.75) is 39.5 Å². The van der Waals surface area contributed by atoms with Crippen molar-refractivity contribution in [2.75, 3.05) is 19.8 Å². The SMILES string of the molecule is CCC(CC)(C(=O)NCC1CCOCC1)C(N)=NO. The molecule has 1 heterocycles. The number of hydrogen-bond donors (Lipinski definition) is 3. The summed E-state index contributed by atoms with van der Waals surface area (Å²) in [5.74, 6) is 0.290. The Bertz CT molecular complexity index is 321. The monoisotopic (exact) mass is 271 g/mol. The van der Waals surface area contributed by atoms with Crippen LogP contribution in [0.4, 0.5) is 0 Å². The maximum absolute atomic E-state index is 12.4. The van der Waals surface area contributed by atoms with Gasteiger partial charge in [0.15, 0.2) is 5.84 Å². The first kappa shape index (κ1) is 15.8. The number of ether oxygens (including phenoxy) is 1. The first-order valence-corrected chi connectivity index (χ1v) is 6.94. The molecular weight excluding hydrogens is 246 g/mol. The second-order valence-electron chi connectivity index (χ2n) is 5.04. The Morgan fingerprint density at radius 3 is 2.47 bits per heavy atom. The van der Waals surface area contributed by atoms with E-state index in [9.17, 15) is 4.79 Å². The van der Waals surface area contributed by atoms with Gasteiger partial charge in [0, 0.05) is 19.8 Å². The second-order valence-corrected chi connectivity index (χ2v) is 5.04. The zero-order valence-electron chi connectivity index (χ0n) is 11.8. The van der Waals surface area contributed by atoms with Gasteiger partial charge in [-0.1, -0.05) is 19.0 Å². The van der Waals surface area contributed by atoms with E-state index in [0.717, 1.165) is 26.1 Å². The average molecular weight is 271 g/mol. The Kier molecular flexibility index (Phi) is 6.08. The molecule has 0 aromatic rings. The predicted molar refractivity (Wildman–Crippen MR) is 73.0 cm³/mol. The predicted octanol–water partition coefficient (Wildman–Crippen LogP) is 1.08. The van der Waals surface area contributed by atoms with E-state index in [4.69, 9.17) is 15.7 Å². The van der Waals surface area contributed by atoms with Gasteiger partial charge < -0.3 is 21.0 Å². The summed E-state index contributed by atoms with van der Waals surface area (Å²) in [5.41, 5.74) is 4.80. The van der Waals surface area contributed by atoms with Gasteiger partial charge in [-0.15, -0.1) is 0 Å². The zero-order chi connectivity index (χ0) is 14.3. The number of carbonyl (C=O) groups excluding carboxylic acids is 1.